The summed E-state index contributed by atoms with van der Waals surface area (Å²) in [5.74, 6) is 0. The molecule has 0 atom stereocenters. The largest absolute Gasteiger partial charge is 0.309 e. The third-order valence-electron chi connectivity index (χ3n) is 2.01. The first kappa shape index (κ1) is 11.4. The molecule has 0 unspecified atom stereocenters. The molecule has 1 aromatic heterocycles. The van der Waals surface area contributed by atoms with Crippen molar-refractivity contribution >= 4 is 22.4 Å². The van der Waals surface area contributed by atoms with Gasteiger partial charge in [-0.15, -0.1) is 12.4 Å². The Morgan fingerprint density at radius 3 is 2.93 bits per heavy atom. The van der Waals surface area contributed by atoms with E-state index in [1.54, 1.807) is 4.68 Å². The number of hydrogen-bond donors (Lipinski definition) is 2. The Kier molecular flexibility index (Phi) is 3.15. The van der Waals surface area contributed by atoms with Crippen LogP contribution >= 0.6 is 12.4 Å². The molecule has 1 aliphatic heterocycles. The van der Waals surface area contributed by atoms with E-state index in [2.05, 4.69) is 10.4 Å². The van der Waals surface area contributed by atoms with Gasteiger partial charge in [-0.3, -0.25) is 4.68 Å². The fraction of sp³-hybridized carbons (Fsp3) is 0.500. The maximum Gasteiger partial charge on any atom is 0.241 e. The quantitative estimate of drug-likeness (QED) is 0.661. The van der Waals surface area contributed by atoms with Crippen LogP contribution in [-0.4, -0.2) is 24.7 Å². The molecule has 0 bridgehead atoms. The van der Waals surface area contributed by atoms with Crippen molar-refractivity contribution in [1.29, 1.82) is 0 Å². The second-order valence-electron chi connectivity index (χ2n) is 2.90. The molecule has 1 aromatic rings. The van der Waals surface area contributed by atoms with E-state index in [9.17, 15) is 8.42 Å². The van der Waals surface area contributed by atoms with Crippen LogP contribution in [0.5, 0.6) is 0 Å². The predicted molar refractivity (Wildman–Crippen MR) is 52.6 cm³/mol. The second kappa shape index (κ2) is 3.85. The SMILES string of the molecule is Cl.NS(=O)(=O)c1cnn2c1CNCC2. The minimum absolute atomic E-state index is 0. The number of sulfonamides is 1. The van der Waals surface area contributed by atoms with Gasteiger partial charge in [0.05, 0.1) is 18.4 Å². The maximum atomic E-state index is 11.1. The van der Waals surface area contributed by atoms with E-state index in [0.717, 1.165) is 6.54 Å². The van der Waals surface area contributed by atoms with Gasteiger partial charge in [0.1, 0.15) is 4.90 Å². The van der Waals surface area contributed by atoms with Crippen LogP contribution in [0, 0.1) is 0 Å². The van der Waals surface area contributed by atoms with Crippen molar-refractivity contribution in [1.82, 2.24) is 15.1 Å². The van der Waals surface area contributed by atoms with Crippen LogP contribution in [0.15, 0.2) is 11.1 Å². The summed E-state index contributed by atoms with van der Waals surface area (Å²) in [4.78, 5) is 0.125. The summed E-state index contributed by atoms with van der Waals surface area (Å²) in [5, 5.41) is 12.0. The normalized spacial score (nSPS) is 15.8. The van der Waals surface area contributed by atoms with Gasteiger partial charge >= 0.3 is 0 Å². The minimum Gasteiger partial charge on any atom is -0.309 e. The number of aromatic nitrogens is 2. The summed E-state index contributed by atoms with van der Waals surface area (Å²) in [7, 11) is -3.62. The van der Waals surface area contributed by atoms with Crippen LogP contribution in [0.2, 0.25) is 0 Å². The van der Waals surface area contributed by atoms with Gasteiger partial charge in [0.2, 0.25) is 10.0 Å². The van der Waals surface area contributed by atoms with Crippen molar-refractivity contribution in [3.8, 4) is 0 Å². The van der Waals surface area contributed by atoms with Gasteiger partial charge in [-0.05, 0) is 0 Å². The Hall–Kier alpha value is -0.630. The van der Waals surface area contributed by atoms with E-state index in [4.69, 9.17) is 5.14 Å². The molecule has 80 valence electrons. The molecule has 1 aliphatic rings. The lowest BCUT2D eigenvalue weighted by atomic mass is 10.3. The number of nitrogens with two attached hydrogens (primary N) is 1. The van der Waals surface area contributed by atoms with Gasteiger partial charge < -0.3 is 5.32 Å². The number of halogens is 1. The zero-order valence-electron chi connectivity index (χ0n) is 7.30. The third kappa shape index (κ3) is 1.90. The zero-order chi connectivity index (χ0) is 9.47. The number of primary sulfonamides is 1. The lowest BCUT2D eigenvalue weighted by Crippen LogP contribution is -2.30. The van der Waals surface area contributed by atoms with Crippen LogP contribution < -0.4 is 10.5 Å². The Morgan fingerprint density at radius 1 is 1.57 bits per heavy atom. The molecular weight excluding hydrogens is 228 g/mol. The number of rotatable bonds is 1. The molecule has 14 heavy (non-hydrogen) atoms. The molecule has 0 aliphatic carbocycles. The van der Waals surface area contributed by atoms with Gasteiger partial charge in [0.25, 0.3) is 0 Å². The predicted octanol–water partition coefficient (Wildman–Crippen LogP) is -0.945. The van der Waals surface area contributed by atoms with Gasteiger partial charge in [0.15, 0.2) is 0 Å². The fourth-order valence-electron chi connectivity index (χ4n) is 1.39. The van der Waals surface area contributed by atoms with E-state index in [1.807, 2.05) is 0 Å². The molecule has 0 saturated carbocycles. The third-order valence-corrected chi connectivity index (χ3v) is 2.96. The van der Waals surface area contributed by atoms with E-state index in [-0.39, 0.29) is 17.3 Å². The summed E-state index contributed by atoms with van der Waals surface area (Å²) in [5.41, 5.74) is 0.647. The molecule has 6 nitrogen and oxygen atoms in total. The highest BCUT2D eigenvalue weighted by Crippen LogP contribution is 2.15. The van der Waals surface area contributed by atoms with Crippen molar-refractivity contribution in [2.45, 2.75) is 18.0 Å². The second-order valence-corrected chi connectivity index (χ2v) is 4.43. The zero-order valence-corrected chi connectivity index (χ0v) is 8.94. The number of nitrogens with one attached hydrogen (secondary N) is 1. The molecule has 0 radical (unpaired) electrons. The Balaban J connectivity index is 0.000000980. The lowest BCUT2D eigenvalue weighted by molar-refractivity contribution is 0.470. The molecule has 8 heteroatoms. The first-order chi connectivity index (χ1) is 6.09. The summed E-state index contributed by atoms with van der Waals surface area (Å²) < 4.78 is 23.8. The Morgan fingerprint density at radius 2 is 2.29 bits per heavy atom. The molecule has 0 spiro atoms. The average molecular weight is 239 g/mol. The Labute approximate surface area is 87.9 Å². The standard InChI is InChI=1S/C6H10N4O2S.ClH/c7-13(11,12)6-4-9-10-2-1-8-3-5(6)10;/h4,8H,1-3H2,(H2,7,11,12);1H. The van der Waals surface area contributed by atoms with Crippen molar-refractivity contribution in [2.24, 2.45) is 5.14 Å². The van der Waals surface area contributed by atoms with E-state index in [1.165, 1.54) is 6.20 Å². The molecule has 0 amide bonds. The van der Waals surface area contributed by atoms with Crippen molar-refractivity contribution < 1.29 is 8.42 Å². The summed E-state index contributed by atoms with van der Waals surface area (Å²) in [6, 6.07) is 0. The number of fused-ring (bicyclic) bond motifs is 1. The Bertz CT molecular complexity index is 427. The smallest absolute Gasteiger partial charge is 0.241 e. The van der Waals surface area contributed by atoms with Crippen LogP contribution in [0.4, 0.5) is 0 Å². The van der Waals surface area contributed by atoms with Crippen LogP contribution in [0.3, 0.4) is 0 Å². The lowest BCUT2D eigenvalue weighted by Gasteiger charge is -2.15. The highest BCUT2D eigenvalue weighted by Gasteiger charge is 2.21. The molecule has 0 aromatic carbocycles. The monoisotopic (exact) mass is 238 g/mol. The molecule has 2 heterocycles. The van der Waals surface area contributed by atoms with Crippen molar-refractivity contribution in [3.05, 3.63) is 11.9 Å². The van der Waals surface area contributed by atoms with Gasteiger partial charge in [-0.25, -0.2) is 13.6 Å². The maximum absolute atomic E-state index is 11.1. The highest BCUT2D eigenvalue weighted by atomic mass is 35.5. The van der Waals surface area contributed by atoms with Gasteiger partial charge in [0, 0.05) is 13.1 Å². The van der Waals surface area contributed by atoms with E-state index < -0.39 is 10.0 Å². The van der Waals surface area contributed by atoms with Gasteiger partial charge in [-0.1, -0.05) is 0 Å². The van der Waals surface area contributed by atoms with Crippen LogP contribution in [0.25, 0.3) is 0 Å². The number of hydrogen-bond acceptors (Lipinski definition) is 4. The average Bonchev–Trinajstić information content (AvgIpc) is 2.45. The van der Waals surface area contributed by atoms with Crippen LogP contribution in [0.1, 0.15) is 5.69 Å². The fourth-order valence-corrected chi connectivity index (χ4v) is 2.09. The van der Waals surface area contributed by atoms with Gasteiger partial charge in [-0.2, -0.15) is 5.10 Å². The molecule has 0 saturated heterocycles. The number of nitrogens with zero attached hydrogens (tertiary/aromatic N) is 2. The summed E-state index contributed by atoms with van der Waals surface area (Å²) in [6.45, 7) is 2.00. The minimum atomic E-state index is -3.62. The van der Waals surface area contributed by atoms with E-state index >= 15 is 0 Å². The molecule has 2 rings (SSSR count). The molecule has 3 N–H and O–H groups in total. The first-order valence-corrected chi connectivity index (χ1v) is 5.42. The summed E-state index contributed by atoms with van der Waals surface area (Å²) >= 11 is 0. The topological polar surface area (TPSA) is 90.0 Å². The molecule has 0 fully saturated rings. The van der Waals surface area contributed by atoms with E-state index in [0.29, 0.717) is 18.8 Å². The first-order valence-electron chi connectivity index (χ1n) is 3.87. The van der Waals surface area contributed by atoms with Crippen molar-refractivity contribution in [3.63, 3.8) is 0 Å². The highest BCUT2D eigenvalue weighted by molar-refractivity contribution is 7.89. The van der Waals surface area contributed by atoms with Crippen molar-refractivity contribution in [2.75, 3.05) is 6.54 Å². The molecular formula is C6H11ClN4O2S. The summed E-state index contributed by atoms with van der Waals surface area (Å²) in [6.07, 6.45) is 1.30. The van der Waals surface area contributed by atoms with Crippen LogP contribution in [-0.2, 0) is 23.1 Å².